The molecule has 0 heterocycles. The predicted octanol–water partition coefficient (Wildman–Crippen LogP) is -4.38. The number of carboxylic acid groups (broad SMARTS) is 1. The van der Waals surface area contributed by atoms with E-state index in [0.29, 0.717) is 19.4 Å². The number of unbranched alkanes of at least 4 members (excludes halogenated alkanes) is 1. The van der Waals surface area contributed by atoms with Crippen LogP contribution in [0.25, 0.3) is 0 Å². The van der Waals surface area contributed by atoms with Crippen molar-refractivity contribution in [2.45, 2.75) is 69.3 Å². The summed E-state index contributed by atoms with van der Waals surface area (Å²) in [7, 11) is 0. The maximum atomic E-state index is 12.7. The van der Waals surface area contributed by atoms with Crippen molar-refractivity contribution in [1.82, 2.24) is 16.0 Å². The number of aliphatic carboxylic acids is 1. The maximum absolute atomic E-state index is 12.7. The molecule has 12 N–H and O–H groups in total. The van der Waals surface area contributed by atoms with E-state index in [1.807, 2.05) is 0 Å². The Hall–Kier alpha value is -2.81. The molecule has 0 rings (SSSR count). The monoisotopic (exact) mass is 462 g/mol. The van der Waals surface area contributed by atoms with Crippen LogP contribution in [0.5, 0.6) is 0 Å². The maximum Gasteiger partial charge on any atom is 0.326 e. The first kappa shape index (κ1) is 29.2. The molecule has 0 bridgehead atoms. The Balaban J connectivity index is 5.41. The Morgan fingerprint density at radius 2 is 1.50 bits per heavy atom. The summed E-state index contributed by atoms with van der Waals surface area (Å²) >= 11 is 0. The van der Waals surface area contributed by atoms with E-state index >= 15 is 0 Å². The first-order valence-corrected chi connectivity index (χ1v) is 10.1. The average Bonchev–Trinajstić information content (AvgIpc) is 2.72. The zero-order valence-electron chi connectivity index (χ0n) is 18.0. The highest BCUT2D eigenvalue weighted by molar-refractivity contribution is 5.94. The molecule has 0 aliphatic rings. The van der Waals surface area contributed by atoms with Crippen LogP contribution in [-0.2, 0) is 24.0 Å². The molecule has 0 aromatic rings. The lowest BCUT2D eigenvalue weighted by atomic mass is 10.0. The summed E-state index contributed by atoms with van der Waals surface area (Å²) < 4.78 is 0. The molecule has 0 fully saturated rings. The summed E-state index contributed by atoms with van der Waals surface area (Å²) in [6.07, 6.45) is -0.873. The van der Waals surface area contributed by atoms with E-state index in [1.165, 1.54) is 6.92 Å². The number of aliphatic hydroxyl groups excluding tert-OH is 2. The van der Waals surface area contributed by atoms with Crippen molar-refractivity contribution in [1.29, 1.82) is 0 Å². The van der Waals surface area contributed by atoms with Crippen LogP contribution in [0.1, 0.15) is 39.0 Å². The van der Waals surface area contributed by atoms with E-state index in [4.69, 9.17) is 22.3 Å². The van der Waals surface area contributed by atoms with Crippen molar-refractivity contribution in [3.05, 3.63) is 0 Å². The summed E-state index contributed by atoms with van der Waals surface area (Å²) in [4.78, 5) is 59.5. The third-order valence-corrected chi connectivity index (χ3v) is 4.47. The molecule has 0 aliphatic heterocycles. The molecule has 14 heteroatoms. The van der Waals surface area contributed by atoms with Crippen molar-refractivity contribution in [3.8, 4) is 0 Å². The van der Waals surface area contributed by atoms with Crippen molar-refractivity contribution in [2.75, 3.05) is 13.2 Å². The molecule has 0 saturated heterocycles. The second-order valence-corrected chi connectivity index (χ2v) is 7.27. The fourth-order valence-electron chi connectivity index (χ4n) is 2.59. The van der Waals surface area contributed by atoms with Gasteiger partial charge in [0, 0.05) is 6.42 Å². The zero-order chi connectivity index (χ0) is 24.8. The first-order chi connectivity index (χ1) is 14.9. The van der Waals surface area contributed by atoms with Gasteiger partial charge in [-0.1, -0.05) is 0 Å². The molecule has 0 aromatic carbocycles. The van der Waals surface area contributed by atoms with Gasteiger partial charge in [-0.05, 0) is 39.2 Å². The highest BCUT2D eigenvalue weighted by Gasteiger charge is 2.32. The van der Waals surface area contributed by atoms with E-state index in [2.05, 4.69) is 16.0 Å². The van der Waals surface area contributed by atoms with Gasteiger partial charge < -0.3 is 48.5 Å². The lowest BCUT2D eigenvalue weighted by molar-refractivity contribution is -0.142. The molecule has 5 unspecified atom stereocenters. The van der Waals surface area contributed by atoms with Crippen LogP contribution < -0.4 is 33.2 Å². The lowest BCUT2D eigenvalue weighted by Crippen LogP contribution is -2.60. The number of primary amides is 1. The summed E-state index contributed by atoms with van der Waals surface area (Å²) in [6.45, 7) is 0.860. The van der Waals surface area contributed by atoms with E-state index < -0.39 is 66.5 Å². The predicted molar refractivity (Wildman–Crippen MR) is 112 cm³/mol. The van der Waals surface area contributed by atoms with Crippen LogP contribution >= 0.6 is 0 Å². The van der Waals surface area contributed by atoms with Gasteiger partial charge >= 0.3 is 5.97 Å². The highest BCUT2D eigenvalue weighted by Crippen LogP contribution is 2.06. The fraction of sp³-hybridized carbons (Fsp3) is 0.722. The summed E-state index contributed by atoms with van der Waals surface area (Å²) in [6, 6.07) is -5.45. The molecular formula is C18H34N6O8. The molecule has 32 heavy (non-hydrogen) atoms. The molecule has 0 spiro atoms. The van der Waals surface area contributed by atoms with Crippen molar-refractivity contribution < 1.29 is 39.3 Å². The first-order valence-electron chi connectivity index (χ1n) is 10.1. The molecule has 0 aromatic heterocycles. The van der Waals surface area contributed by atoms with Crippen molar-refractivity contribution >= 4 is 29.6 Å². The molecule has 5 atom stereocenters. The van der Waals surface area contributed by atoms with Crippen LogP contribution in [0.3, 0.4) is 0 Å². The fourth-order valence-corrected chi connectivity index (χ4v) is 2.59. The van der Waals surface area contributed by atoms with Crippen LogP contribution in [0.2, 0.25) is 0 Å². The number of rotatable bonds is 16. The van der Waals surface area contributed by atoms with Crippen molar-refractivity contribution in [2.24, 2.45) is 17.2 Å². The van der Waals surface area contributed by atoms with Crippen LogP contribution in [0.15, 0.2) is 0 Å². The normalized spacial score (nSPS) is 15.5. The Labute approximate surface area is 185 Å². The van der Waals surface area contributed by atoms with Gasteiger partial charge in [-0.25, -0.2) is 4.79 Å². The van der Waals surface area contributed by atoms with Gasteiger partial charge in [0.15, 0.2) is 0 Å². The molecule has 0 aliphatic carbocycles. The second-order valence-electron chi connectivity index (χ2n) is 7.27. The van der Waals surface area contributed by atoms with E-state index in [0.717, 1.165) is 0 Å². The van der Waals surface area contributed by atoms with Gasteiger partial charge in [0.1, 0.15) is 24.2 Å². The van der Waals surface area contributed by atoms with Crippen molar-refractivity contribution in [3.63, 3.8) is 0 Å². The van der Waals surface area contributed by atoms with Gasteiger partial charge in [-0.3, -0.25) is 19.2 Å². The second kappa shape index (κ2) is 15.1. The van der Waals surface area contributed by atoms with Gasteiger partial charge in [0.25, 0.3) is 0 Å². The van der Waals surface area contributed by atoms with Crippen LogP contribution in [0, 0.1) is 0 Å². The Bertz CT molecular complexity index is 659. The summed E-state index contributed by atoms with van der Waals surface area (Å²) in [5, 5.41) is 34.9. The number of amides is 4. The van der Waals surface area contributed by atoms with E-state index in [-0.39, 0.29) is 19.3 Å². The largest absolute Gasteiger partial charge is 0.480 e. The Kier molecular flexibility index (Phi) is 13.7. The third kappa shape index (κ3) is 11.0. The number of carbonyl (C=O) groups excluding carboxylic acids is 4. The highest BCUT2D eigenvalue weighted by atomic mass is 16.4. The summed E-state index contributed by atoms with van der Waals surface area (Å²) in [5.41, 5.74) is 15.8. The number of aliphatic hydroxyl groups is 2. The number of nitrogens with one attached hydrogen (secondary N) is 3. The minimum atomic E-state index is -1.49. The SMILES string of the molecule is CC(O)C(NC(=O)C(N)CO)C(=O)NC(CCCCN)C(=O)NC(CCC(N)=O)C(=O)O. The number of carboxylic acids is 1. The molecule has 0 saturated carbocycles. The van der Waals surface area contributed by atoms with Gasteiger partial charge in [-0.2, -0.15) is 0 Å². The standard InChI is InChI=1S/C18H34N6O8/c1-9(26)14(24-15(28)10(20)8-25)17(30)22-11(4-2-3-7-19)16(29)23-12(18(31)32)5-6-13(21)27/h9-12,14,25-26H,2-8,19-20H2,1H3,(H2,21,27)(H,22,30)(H,23,29)(H,24,28)(H,31,32). The zero-order valence-corrected chi connectivity index (χ0v) is 18.0. The summed E-state index contributed by atoms with van der Waals surface area (Å²) in [5.74, 6) is -4.78. The molecule has 0 radical (unpaired) electrons. The van der Waals surface area contributed by atoms with Crippen LogP contribution in [0.4, 0.5) is 0 Å². The minimum Gasteiger partial charge on any atom is -0.480 e. The molecule has 14 nitrogen and oxygen atoms in total. The van der Waals surface area contributed by atoms with Crippen LogP contribution in [-0.4, -0.2) is 88.3 Å². The number of hydrogen-bond acceptors (Lipinski definition) is 9. The minimum absolute atomic E-state index is 0.0908. The number of carbonyl (C=O) groups is 5. The van der Waals surface area contributed by atoms with Gasteiger partial charge in [-0.15, -0.1) is 0 Å². The van der Waals surface area contributed by atoms with Gasteiger partial charge in [0.05, 0.1) is 12.7 Å². The lowest BCUT2D eigenvalue weighted by Gasteiger charge is -2.26. The third-order valence-electron chi connectivity index (χ3n) is 4.47. The molecule has 4 amide bonds. The Morgan fingerprint density at radius 3 is 1.97 bits per heavy atom. The Morgan fingerprint density at radius 1 is 0.906 bits per heavy atom. The molecule has 184 valence electrons. The quantitative estimate of drug-likeness (QED) is 0.0994. The van der Waals surface area contributed by atoms with E-state index in [9.17, 15) is 34.2 Å². The topological polar surface area (TPSA) is 260 Å². The molecular weight excluding hydrogens is 428 g/mol. The number of nitrogens with two attached hydrogens (primary N) is 3. The van der Waals surface area contributed by atoms with E-state index in [1.54, 1.807) is 0 Å². The van der Waals surface area contributed by atoms with Gasteiger partial charge in [0.2, 0.25) is 23.6 Å². The average molecular weight is 463 g/mol. The number of hydrogen-bond donors (Lipinski definition) is 9. The smallest absolute Gasteiger partial charge is 0.326 e.